The molecule has 2 aromatic carbocycles. The highest BCUT2D eigenvalue weighted by atomic mass is 35.5. The highest BCUT2D eigenvalue weighted by Crippen LogP contribution is 2.40. The van der Waals surface area contributed by atoms with Gasteiger partial charge in [-0.25, -0.2) is 0 Å². The zero-order valence-corrected chi connectivity index (χ0v) is 11.1. The number of fused-ring (bicyclic) bond motifs is 1. The molecule has 0 heterocycles. The monoisotopic (exact) mass is 270 g/mol. The Bertz CT molecular complexity index is 684. The number of ether oxygens (including phenoxy) is 1. The van der Waals surface area contributed by atoms with Crippen LogP contribution in [0.15, 0.2) is 48.5 Å². The van der Waals surface area contributed by atoms with Crippen molar-refractivity contribution in [3.05, 3.63) is 65.2 Å². The fourth-order valence-corrected chi connectivity index (χ4v) is 2.62. The van der Waals surface area contributed by atoms with E-state index >= 15 is 0 Å². The largest absolute Gasteiger partial charge is 0.497 e. The number of benzene rings is 2. The lowest BCUT2D eigenvalue weighted by atomic mass is 10.0. The van der Waals surface area contributed by atoms with E-state index in [-0.39, 0.29) is 5.78 Å². The zero-order valence-electron chi connectivity index (χ0n) is 10.3. The number of rotatable bonds is 2. The second-order valence-electron chi connectivity index (χ2n) is 4.29. The van der Waals surface area contributed by atoms with Crippen LogP contribution in [-0.4, -0.2) is 12.9 Å². The molecule has 1 aliphatic rings. The van der Waals surface area contributed by atoms with Crippen LogP contribution >= 0.6 is 11.6 Å². The number of allylic oxidation sites excluding steroid dienone is 1. The first-order valence-electron chi connectivity index (χ1n) is 5.90. The van der Waals surface area contributed by atoms with Crippen molar-refractivity contribution in [3.63, 3.8) is 0 Å². The van der Waals surface area contributed by atoms with E-state index in [0.717, 1.165) is 16.9 Å². The van der Waals surface area contributed by atoms with E-state index in [9.17, 15) is 4.79 Å². The van der Waals surface area contributed by atoms with Gasteiger partial charge in [-0.05, 0) is 17.7 Å². The maximum Gasteiger partial charge on any atom is 0.195 e. The number of halogens is 1. The van der Waals surface area contributed by atoms with Gasteiger partial charge < -0.3 is 4.74 Å². The third-order valence-electron chi connectivity index (χ3n) is 3.23. The normalized spacial score (nSPS) is 13.7. The van der Waals surface area contributed by atoms with Crippen LogP contribution in [0.5, 0.6) is 5.75 Å². The van der Waals surface area contributed by atoms with E-state index in [1.165, 1.54) is 0 Å². The number of carbonyl (C=O) groups is 1. The number of ketones is 1. The first kappa shape index (κ1) is 12.0. The highest BCUT2D eigenvalue weighted by molar-refractivity contribution is 6.62. The molecule has 19 heavy (non-hydrogen) atoms. The molecule has 0 fully saturated rings. The molecule has 0 spiro atoms. The fourth-order valence-electron chi connectivity index (χ4n) is 2.26. The Morgan fingerprint density at radius 2 is 1.58 bits per heavy atom. The van der Waals surface area contributed by atoms with E-state index in [2.05, 4.69) is 0 Å². The zero-order chi connectivity index (χ0) is 13.4. The van der Waals surface area contributed by atoms with Crippen LogP contribution in [0.1, 0.15) is 21.5 Å². The van der Waals surface area contributed by atoms with E-state index < -0.39 is 0 Å². The molecule has 0 saturated carbocycles. The Balaban J connectivity index is 2.11. The summed E-state index contributed by atoms with van der Waals surface area (Å²) in [6.45, 7) is 0. The van der Waals surface area contributed by atoms with Crippen LogP contribution in [0.3, 0.4) is 0 Å². The Kier molecular flexibility index (Phi) is 2.88. The molecule has 0 amide bonds. The summed E-state index contributed by atoms with van der Waals surface area (Å²) in [6, 6.07) is 14.7. The summed E-state index contributed by atoms with van der Waals surface area (Å²) in [5, 5.41) is 0.519. The number of methoxy groups -OCH3 is 1. The second-order valence-corrected chi connectivity index (χ2v) is 4.67. The molecule has 0 saturated heterocycles. The molecule has 0 radical (unpaired) electrons. The van der Waals surface area contributed by atoms with Crippen LogP contribution in [0, 0.1) is 0 Å². The van der Waals surface area contributed by atoms with Crippen LogP contribution in [0.25, 0.3) is 10.6 Å². The van der Waals surface area contributed by atoms with Gasteiger partial charge in [-0.2, -0.15) is 0 Å². The van der Waals surface area contributed by atoms with Crippen molar-refractivity contribution < 1.29 is 9.53 Å². The summed E-state index contributed by atoms with van der Waals surface area (Å²) in [5.41, 5.74) is 2.84. The van der Waals surface area contributed by atoms with Crippen molar-refractivity contribution in [2.24, 2.45) is 0 Å². The molecule has 2 aromatic rings. The molecule has 0 bridgehead atoms. The van der Waals surface area contributed by atoms with Crippen molar-refractivity contribution >= 4 is 28.0 Å². The van der Waals surface area contributed by atoms with Gasteiger partial charge >= 0.3 is 0 Å². The molecule has 1 aliphatic carbocycles. The maximum atomic E-state index is 12.4. The minimum absolute atomic E-state index is 0.0224. The molecule has 3 heteroatoms. The van der Waals surface area contributed by atoms with Crippen LogP contribution < -0.4 is 4.74 Å². The highest BCUT2D eigenvalue weighted by Gasteiger charge is 2.29. The summed E-state index contributed by atoms with van der Waals surface area (Å²) in [4.78, 5) is 12.4. The predicted octanol–water partition coefficient (Wildman–Crippen LogP) is 4.00. The van der Waals surface area contributed by atoms with Crippen molar-refractivity contribution in [2.45, 2.75) is 0 Å². The number of Topliss-reactive ketones (excluding diaryl/α,β-unsaturated/α-hetero) is 1. The molecule has 2 nitrogen and oxygen atoms in total. The molecule has 0 unspecified atom stereocenters. The average molecular weight is 271 g/mol. The Labute approximate surface area is 116 Å². The van der Waals surface area contributed by atoms with E-state index in [4.69, 9.17) is 16.3 Å². The van der Waals surface area contributed by atoms with Gasteiger partial charge in [0.05, 0.1) is 12.1 Å². The first-order chi connectivity index (χ1) is 9.22. The van der Waals surface area contributed by atoms with E-state index in [1.54, 1.807) is 13.2 Å². The topological polar surface area (TPSA) is 26.3 Å². The molecular formula is C16H11ClO2. The second kappa shape index (κ2) is 4.56. The summed E-state index contributed by atoms with van der Waals surface area (Å²) in [7, 11) is 1.61. The van der Waals surface area contributed by atoms with Crippen molar-refractivity contribution in [1.82, 2.24) is 0 Å². The van der Waals surface area contributed by atoms with Crippen LogP contribution in [0.2, 0.25) is 0 Å². The predicted molar refractivity (Wildman–Crippen MR) is 76.4 cm³/mol. The van der Waals surface area contributed by atoms with Crippen LogP contribution in [0.4, 0.5) is 0 Å². The van der Waals surface area contributed by atoms with Gasteiger partial charge in [0, 0.05) is 16.7 Å². The van der Waals surface area contributed by atoms with Gasteiger partial charge in [0.25, 0.3) is 0 Å². The lowest BCUT2D eigenvalue weighted by molar-refractivity contribution is 0.105. The first-order valence-corrected chi connectivity index (χ1v) is 6.28. The number of carbonyl (C=O) groups excluding carboxylic acids is 1. The molecule has 0 aliphatic heterocycles. The fraction of sp³-hybridized carbons (Fsp3) is 0.0625. The lowest BCUT2D eigenvalue weighted by Gasteiger charge is -2.04. The van der Waals surface area contributed by atoms with Crippen molar-refractivity contribution in [1.29, 1.82) is 0 Å². The van der Waals surface area contributed by atoms with Crippen molar-refractivity contribution in [3.8, 4) is 5.75 Å². The maximum absolute atomic E-state index is 12.4. The molecule has 0 atom stereocenters. The summed E-state index contributed by atoms with van der Waals surface area (Å²) in [6.07, 6.45) is 0. The third kappa shape index (κ3) is 1.85. The molecule has 0 N–H and O–H groups in total. The minimum Gasteiger partial charge on any atom is -0.497 e. The molecule has 3 rings (SSSR count). The Morgan fingerprint density at radius 1 is 0.947 bits per heavy atom. The van der Waals surface area contributed by atoms with Gasteiger partial charge in [0.1, 0.15) is 5.75 Å². The van der Waals surface area contributed by atoms with Gasteiger partial charge in [-0.15, -0.1) is 0 Å². The lowest BCUT2D eigenvalue weighted by Crippen LogP contribution is -1.98. The van der Waals surface area contributed by atoms with Gasteiger partial charge in [0.2, 0.25) is 0 Å². The summed E-state index contributed by atoms with van der Waals surface area (Å²) in [5.74, 6) is 0.731. The smallest absolute Gasteiger partial charge is 0.195 e. The van der Waals surface area contributed by atoms with Crippen molar-refractivity contribution in [2.75, 3.05) is 7.11 Å². The quantitative estimate of drug-likeness (QED) is 0.824. The molecule has 0 aromatic heterocycles. The number of hydrogen-bond donors (Lipinski definition) is 0. The summed E-state index contributed by atoms with van der Waals surface area (Å²) < 4.78 is 5.11. The summed E-state index contributed by atoms with van der Waals surface area (Å²) >= 11 is 6.34. The van der Waals surface area contributed by atoms with E-state index in [0.29, 0.717) is 16.2 Å². The molecule has 94 valence electrons. The Hall–Kier alpha value is -2.06. The minimum atomic E-state index is -0.0224. The SMILES string of the molecule is COc1ccc(C2=C(Cl)c3ccccc3C2=O)cc1. The Morgan fingerprint density at radius 3 is 2.16 bits per heavy atom. The van der Waals surface area contributed by atoms with Crippen LogP contribution in [-0.2, 0) is 0 Å². The molecular weight excluding hydrogens is 260 g/mol. The average Bonchev–Trinajstić information content (AvgIpc) is 2.72. The standard InChI is InChI=1S/C16H11ClO2/c1-19-11-8-6-10(7-9-11)14-15(17)12-4-2-3-5-13(12)16(14)18/h2-9H,1H3. The van der Waals surface area contributed by atoms with Gasteiger partial charge in [-0.3, -0.25) is 4.79 Å². The third-order valence-corrected chi connectivity index (χ3v) is 3.63. The van der Waals surface area contributed by atoms with Gasteiger partial charge in [-0.1, -0.05) is 48.0 Å². The van der Waals surface area contributed by atoms with E-state index in [1.807, 2.05) is 42.5 Å². The van der Waals surface area contributed by atoms with Gasteiger partial charge in [0.15, 0.2) is 5.78 Å². The number of hydrogen-bond acceptors (Lipinski definition) is 2.